The lowest BCUT2D eigenvalue weighted by Gasteiger charge is -2.11. The van der Waals surface area contributed by atoms with E-state index >= 15 is 0 Å². The summed E-state index contributed by atoms with van der Waals surface area (Å²) in [6, 6.07) is 17.1. The number of imidazole rings is 1. The van der Waals surface area contributed by atoms with Crippen molar-refractivity contribution in [1.29, 1.82) is 0 Å². The van der Waals surface area contributed by atoms with E-state index in [0.717, 1.165) is 35.3 Å². The van der Waals surface area contributed by atoms with E-state index in [9.17, 15) is 4.79 Å². The molecule has 4 aromatic rings. The average molecular weight is 439 g/mol. The van der Waals surface area contributed by atoms with E-state index in [2.05, 4.69) is 20.9 Å². The molecular formula is C23H20Cl2N4O. The normalized spacial score (nSPS) is 11.0. The van der Waals surface area contributed by atoms with Gasteiger partial charge in [-0.3, -0.25) is 9.78 Å². The van der Waals surface area contributed by atoms with E-state index < -0.39 is 0 Å². The number of rotatable bonds is 7. The van der Waals surface area contributed by atoms with Crippen molar-refractivity contribution in [3.05, 3.63) is 94.0 Å². The molecule has 0 bridgehead atoms. The summed E-state index contributed by atoms with van der Waals surface area (Å²) >= 11 is 12.2. The molecule has 1 N–H and O–H groups in total. The van der Waals surface area contributed by atoms with Gasteiger partial charge in [-0.1, -0.05) is 41.4 Å². The van der Waals surface area contributed by atoms with Crippen molar-refractivity contribution in [3.63, 3.8) is 0 Å². The summed E-state index contributed by atoms with van der Waals surface area (Å²) in [5.41, 5.74) is 3.68. The zero-order valence-corrected chi connectivity index (χ0v) is 17.7. The van der Waals surface area contributed by atoms with Crippen LogP contribution in [0.4, 0.5) is 0 Å². The van der Waals surface area contributed by atoms with Gasteiger partial charge in [0.1, 0.15) is 5.82 Å². The van der Waals surface area contributed by atoms with Crippen molar-refractivity contribution in [1.82, 2.24) is 19.9 Å². The fourth-order valence-corrected chi connectivity index (χ4v) is 3.69. The minimum Gasteiger partial charge on any atom is -0.352 e. The van der Waals surface area contributed by atoms with E-state index in [1.165, 1.54) is 0 Å². The maximum Gasteiger partial charge on any atom is 0.251 e. The molecule has 0 saturated carbocycles. The van der Waals surface area contributed by atoms with E-state index in [-0.39, 0.29) is 5.91 Å². The molecule has 4 rings (SSSR count). The highest BCUT2D eigenvalue weighted by Gasteiger charge is 2.12. The highest BCUT2D eigenvalue weighted by atomic mass is 35.5. The maximum absolute atomic E-state index is 12.2. The van der Waals surface area contributed by atoms with Crippen LogP contribution in [0.25, 0.3) is 11.0 Å². The number of carbonyl (C=O) groups excluding carboxylic acids is 1. The van der Waals surface area contributed by atoms with Crippen molar-refractivity contribution in [2.24, 2.45) is 0 Å². The molecular weight excluding hydrogens is 419 g/mol. The van der Waals surface area contributed by atoms with Gasteiger partial charge in [0.15, 0.2) is 0 Å². The smallest absolute Gasteiger partial charge is 0.251 e. The Morgan fingerprint density at radius 3 is 2.60 bits per heavy atom. The van der Waals surface area contributed by atoms with Gasteiger partial charge in [0, 0.05) is 37.5 Å². The topological polar surface area (TPSA) is 59.8 Å². The van der Waals surface area contributed by atoms with Gasteiger partial charge in [-0.15, -0.1) is 0 Å². The standard InChI is InChI=1S/C23H20Cl2N4O/c24-18-8-7-16(14-19(18)25)15-29-21-5-2-1-4-20(21)28-22(29)6-3-11-27-23(30)17-9-12-26-13-10-17/h1-2,4-5,7-10,12-14H,3,6,11,15H2,(H,27,30). The third-order valence-electron chi connectivity index (χ3n) is 4.86. The number of aromatic nitrogens is 3. The number of aryl methyl sites for hydroxylation is 1. The zero-order valence-electron chi connectivity index (χ0n) is 16.2. The van der Waals surface area contributed by atoms with Crippen molar-refractivity contribution >= 4 is 40.1 Å². The number of fused-ring (bicyclic) bond motifs is 1. The molecule has 2 aromatic heterocycles. The van der Waals surface area contributed by atoms with E-state index in [0.29, 0.717) is 28.7 Å². The highest BCUT2D eigenvalue weighted by molar-refractivity contribution is 6.42. The van der Waals surface area contributed by atoms with Crippen LogP contribution in [0.15, 0.2) is 67.0 Å². The minimum absolute atomic E-state index is 0.0956. The Morgan fingerprint density at radius 2 is 1.80 bits per heavy atom. The monoisotopic (exact) mass is 438 g/mol. The predicted octanol–water partition coefficient (Wildman–Crippen LogP) is 5.15. The summed E-state index contributed by atoms with van der Waals surface area (Å²) in [6.45, 7) is 1.22. The quantitative estimate of drug-likeness (QED) is 0.405. The molecule has 7 heteroatoms. The summed E-state index contributed by atoms with van der Waals surface area (Å²) in [5, 5.41) is 4.03. The molecule has 0 aliphatic heterocycles. The molecule has 5 nitrogen and oxygen atoms in total. The Balaban J connectivity index is 1.47. The first kappa shape index (κ1) is 20.4. The number of halogens is 2. The van der Waals surface area contributed by atoms with Crippen LogP contribution in [0, 0.1) is 0 Å². The first-order chi connectivity index (χ1) is 14.6. The summed E-state index contributed by atoms with van der Waals surface area (Å²) in [7, 11) is 0. The Morgan fingerprint density at radius 1 is 1.00 bits per heavy atom. The van der Waals surface area contributed by atoms with Crippen LogP contribution in [0.2, 0.25) is 10.0 Å². The molecule has 152 valence electrons. The molecule has 0 aliphatic rings. The van der Waals surface area contributed by atoms with Gasteiger partial charge in [0.05, 0.1) is 21.1 Å². The molecule has 0 atom stereocenters. The zero-order chi connectivity index (χ0) is 20.9. The van der Waals surface area contributed by atoms with Gasteiger partial charge in [0.25, 0.3) is 5.91 Å². The molecule has 2 aromatic carbocycles. The van der Waals surface area contributed by atoms with Gasteiger partial charge < -0.3 is 9.88 Å². The van der Waals surface area contributed by atoms with Crippen LogP contribution >= 0.6 is 23.2 Å². The second-order valence-electron chi connectivity index (χ2n) is 6.95. The molecule has 0 unspecified atom stereocenters. The summed E-state index contributed by atoms with van der Waals surface area (Å²) in [5.74, 6) is 0.877. The Kier molecular flexibility index (Phi) is 6.31. The van der Waals surface area contributed by atoms with Crippen molar-refractivity contribution in [3.8, 4) is 0 Å². The summed E-state index contributed by atoms with van der Waals surface area (Å²) in [4.78, 5) is 20.9. The summed E-state index contributed by atoms with van der Waals surface area (Å²) < 4.78 is 2.19. The fraction of sp³-hybridized carbons (Fsp3) is 0.174. The van der Waals surface area contributed by atoms with Crippen molar-refractivity contribution < 1.29 is 4.79 Å². The second-order valence-corrected chi connectivity index (χ2v) is 7.76. The van der Waals surface area contributed by atoms with Gasteiger partial charge in [-0.25, -0.2) is 4.98 Å². The number of hydrogen-bond donors (Lipinski definition) is 1. The van der Waals surface area contributed by atoms with Crippen LogP contribution in [0.1, 0.15) is 28.2 Å². The fourth-order valence-electron chi connectivity index (χ4n) is 3.37. The first-order valence-corrected chi connectivity index (χ1v) is 10.4. The van der Waals surface area contributed by atoms with Crippen molar-refractivity contribution in [2.45, 2.75) is 19.4 Å². The molecule has 0 saturated heterocycles. The largest absolute Gasteiger partial charge is 0.352 e. The second kappa shape index (κ2) is 9.28. The van der Waals surface area contributed by atoms with Gasteiger partial charge >= 0.3 is 0 Å². The average Bonchev–Trinajstić information content (AvgIpc) is 3.11. The van der Waals surface area contributed by atoms with Crippen LogP contribution in [-0.2, 0) is 13.0 Å². The van der Waals surface area contributed by atoms with Gasteiger partial charge in [-0.05, 0) is 48.4 Å². The third-order valence-corrected chi connectivity index (χ3v) is 5.60. The summed E-state index contributed by atoms with van der Waals surface area (Å²) in [6.07, 6.45) is 4.74. The minimum atomic E-state index is -0.0956. The number of hydrogen-bond acceptors (Lipinski definition) is 3. The van der Waals surface area contributed by atoms with Crippen LogP contribution < -0.4 is 5.32 Å². The molecule has 2 heterocycles. The van der Waals surface area contributed by atoms with Gasteiger partial charge in [0.2, 0.25) is 0 Å². The maximum atomic E-state index is 12.2. The van der Waals surface area contributed by atoms with E-state index in [1.54, 1.807) is 24.5 Å². The lowest BCUT2D eigenvalue weighted by Crippen LogP contribution is -2.25. The Hall–Kier alpha value is -2.89. The third kappa shape index (κ3) is 4.64. The van der Waals surface area contributed by atoms with Crippen LogP contribution in [0.3, 0.4) is 0 Å². The molecule has 0 radical (unpaired) electrons. The number of amides is 1. The lowest BCUT2D eigenvalue weighted by molar-refractivity contribution is 0.0953. The van der Waals surface area contributed by atoms with Crippen LogP contribution in [-0.4, -0.2) is 27.0 Å². The SMILES string of the molecule is O=C(NCCCc1nc2ccccc2n1Cc1ccc(Cl)c(Cl)c1)c1ccncc1. The van der Waals surface area contributed by atoms with E-state index in [4.69, 9.17) is 28.2 Å². The molecule has 1 amide bonds. The van der Waals surface area contributed by atoms with Crippen LogP contribution in [0.5, 0.6) is 0 Å². The van der Waals surface area contributed by atoms with Crippen molar-refractivity contribution in [2.75, 3.05) is 6.54 Å². The molecule has 0 spiro atoms. The number of para-hydroxylation sites is 2. The molecule has 30 heavy (non-hydrogen) atoms. The number of nitrogens with zero attached hydrogens (tertiary/aromatic N) is 3. The van der Waals surface area contributed by atoms with Gasteiger partial charge in [-0.2, -0.15) is 0 Å². The van der Waals surface area contributed by atoms with E-state index in [1.807, 2.05) is 36.4 Å². The number of benzene rings is 2. The Labute approximate surface area is 184 Å². The molecule has 0 fully saturated rings. The number of pyridine rings is 1. The Bertz CT molecular complexity index is 1170. The number of carbonyl (C=O) groups is 1. The predicted molar refractivity (Wildman–Crippen MR) is 120 cm³/mol. The highest BCUT2D eigenvalue weighted by Crippen LogP contribution is 2.25. The lowest BCUT2D eigenvalue weighted by atomic mass is 10.2. The molecule has 0 aliphatic carbocycles. The first-order valence-electron chi connectivity index (χ1n) is 9.68. The number of nitrogens with one attached hydrogen (secondary N) is 1.